The number of benzene rings is 1. The number of carbonyl (C=O) groups is 1. The summed E-state index contributed by atoms with van der Waals surface area (Å²) >= 11 is 5.78. The van der Waals surface area contributed by atoms with Crippen molar-refractivity contribution in [2.75, 3.05) is 7.11 Å². The SMILES string of the molecule is COc1ccc(/C=C(/C(=O)Cl)c2ccncc2)cc1OC1CCCC1. The topological polar surface area (TPSA) is 48.4 Å². The molecule has 1 heterocycles. The van der Waals surface area contributed by atoms with Crippen LogP contribution in [-0.4, -0.2) is 23.4 Å². The average molecular weight is 358 g/mol. The van der Waals surface area contributed by atoms with Crippen LogP contribution in [-0.2, 0) is 4.79 Å². The molecule has 25 heavy (non-hydrogen) atoms. The molecule has 1 aromatic heterocycles. The van der Waals surface area contributed by atoms with Crippen molar-refractivity contribution in [2.45, 2.75) is 31.8 Å². The van der Waals surface area contributed by atoms with E-state index in [9.17, 15) is 4.79 Å². The van der Waals surface area contributed by atoms with Crippen LogP contribution in [0.25, 0.3) is 11.6 Å². The predicted molar refractivity (Wildman–Crippen MR) is 98.8 cm³/mol. The Morgan fingerprint density at radius 2 is 1.88 bits per heavy atom. The first kappa shape index (κ1) is 17.5. The Morgan fingerprint density at radius 3 is 2.52 bits per heavy atom. The van der Waals surface area contributed by atoms with Gasteiger partial charge in [-0.05, 0) is 78.8 Å². The Balaban J connectivity index is 1.93. The largest absolute Gasteiger partial charge is 0.493 e. The van der Waals surface area contributed by atoms with E-state index in [1.54, 1.807) is 37.7 Å². The number of hydrogen-bond donors (Lipinski definition) is 0. The molecule has 130 valence electrons. The molecule has 0 saturated heterocycles. The number of ether oxygens (including phenoxy) is 2. The fourth-order valence-electron chi connectivity index (χ4n) is 3.01. The second-order valence-corrected chi connectivity index (χ2v) is 6.35. The van der Waals surface area contributed by atoms with E-state index in [0.717, 1.165) is 24.0 Å². The van der Waals surface area contributed by atoms with Crippen LogP contribution in [0, 0.1) is 0 Å². The number of methoxy groups -OCH3 is 1. The molecule has 0 amide bonds. The maximum atomic E-state index is 11.9. The molecule has 0 spiro atoms. The minimum absolute atomic E-state index is 0.224. The van der Waals surface area contributed by atoms with Gasteiger partial charge in [-0.25, -0.2) is 0 Å². The molecule has 3 rings (SSSR count). The van der Waals surface area contributed by atoms with E-state index in [1.165, 1.54) is 12.8 Å². The number of allylic oxidation sites excluding steroid dienone is 1. The Kier molecular flexibility index (Phi) is 5.71. The molecule has 2 aromatic rings. The lowest BCUT2D eigenvalue weighted by Gasteiger charge is -2.16. The van der Waals surface area contributed by atoms with E-state index in [2.05, 4.69) is 4.98 Å². The van der Waals surface area contributed by atoms with Gasteiger partial charge >= 0.3 is 0 Å². The Labute approximate surface area is 152 Å². The van der Waals surface area contributed by atoms with Gasteiger partial charge in [-0.1, -0.05) is 6.07 Å². The van der Waals surface area contributed by atoms with Crippen LogP contribution in [0.1, 0.15) is 36.8 Å². The van der Waals surface area contributed by atoms with E-state index in [0.29, 0.717) is 17.1 Å². The van der Waals surface area contributed by atoms with Crippen molar-refractivity contribution in [3.63, 3.8) is 0 Å². The zero-order valence-corrected chi connectivity index (χ0v) is 14.8. The van der Waals surface area contributed by atoms with Crippen LogP contribution in [0.3, 0.4) is 0 Å². The van der Waals surface area contributed by atoms with Crippen LogP contribution in [0.2, 0.25) is 0 Å². The smallest absolute Gasteiger partial charge is 0.253 e. The molecule has 0 unspecified atom stereocenters. The molecule has 1 aromatic carbocycles. The van der Waals surface area contributed by atoms with E-state index in [1.807, 2.05) is 18.2 Å². The first-order valence-electron chi connectivity index (χ1n) is 8.34. The van der Waals surface area contributed by atoms with Gasteiger partial charge in [0.15, 0.2) is 11.5 Å². The maximum absolute atomic E-state index is 11.9. The number of aromatic nitrogens is 1. The molecular weight excluding hydrogens is 338 g/mol. The van der Waals surface area contributed by atoms with Crippen molar-refractivity contribution >= 4 is 28.5 Å². The maximum Gasteiger partial charge on any atom is 0.253 e. The normalized spacial score (nSPS) is 15.2. The van der Waals surface area contributed by atoms with Crippen LogP contribution in [0.4, 0.5) is 0 Å². The number of pyridine rings is 1. The zero-order valence-electron chi connectivity index (χ0n) is 14.1. The Hall–Kier alpha value is -2.33. The van der Waals surface area contributed by atoms with Crippen molar-refractivity contribution in [1.29, 1.82) is 0 Å². The third-order valence-electron chi connectivity index (χ3n) is 4.30. The summed E-state index contributed by atoms with van der Waals surface area (Å²) in [4.78, 5) is 15.8. The molecule has 0 atom stereocenters. The van der Waals surface area contributed by atoms with Crippen molar-refractivity contribution in [3.05, 3.63) is 53.9 Å². The van der Waals surface area contributed by atoms with Gasteiger partial charge < -0.3 is 9.47 Å². The highest BCUT2D eigenvalue weighted by Gasteiger charge is 2.19. The Morgan fingerprint density at radius 1 is 1.16 bits per heavy atom. The molecule has 0 radical (unpaired) electrons. The minimum Gasteiger partial charge on any atom is -0.493 e. The molecule has 1 aliphatic carbocycles. The number of nitrogens with zero attached hydrogens (tertiary/aromatic N) is 1. The molecule has 1 fully saturated rings. The summed E-state index contributed by atoms with van der Waals surface area (Å²) in [6.07, 6.45) is 9.75. The van der Waals surface area contributed by atoms with Crippen LogP contribution >= 0.6 is 11.6 Å². The number of rotatable bonds is 6. The van der Waals surface area contributed by atoms with Gasteiger partial charge in [-0.2, -0.15) is 0 Å². The summed E-state index contributed by atoms with van der Waals surface area (Å²) in [5.41, 5.74) is 1.97. The highest BCUT2D eigenvalue weighted by Crippen LogP contribution is 2.33. The van der Waals surface area contributed by atoms with Crippen molar-refractivity contribution in [2.24, 2.45) is 0 Å². The summed E-state index contributed by atoms with van der Waals surface area (Å²) in [5.74, 6) is 1.38. The van der Waals surface area contributed by atoms with E-state index < -0.39 is 5.24 Å². The van der Waals surface area contributed by atoms with Gasteiger partial charge in [-0.3, -0.25) is 9.78 Å². The lowest BCUT2D eigenvalue weighted by Crippen LogP contribution is -2.11. The first-order chi connectivity index (χ1) is 12.2. The second-order valence-electron chi connectivity index (χ2n) is 6.00. The monoisotopic (exact) mass is 357 g/mol. The quantitative estimate of drug-likeness (QED) is 0.554. The number of halogens is 1. The highest BCUT2D eigenvalue weighted by molar-refractivity contribution is 6.75. The van der Waals surface area contributed by atoms with Gasteiger partial charge in [0, 0.05) is 18.0 Å². The third-order valence-corrected chi connectivity index (χ3v) is 4.50. The fourth-order valence-corrected chi connectivity index (χ4v) is 3.18. The predicted octanol–water partition coefficient (Wildman–Crippen LogP) is 4.72. The zero-order chi connectivity index (χ0) is 17.6. The molecule has 0 aliphatic heterocycles. The van der Waals surface area contributed by atoms with Crippen molar-refractivity contribution in [1.82, 2.24) is 4.98 Å². The second kappa shape index (κ2) is 8.17. The Bertz CT molecular complexity index is 768. The van der Waals surface area contributed by atoms with Gasteiger partial charge in [-0.15, -0.1) is 0 Å². The molecule has 0 N–H and O–H groups in total. The van der Waals surface area contributed by atoms with Gasteiger partial charge in [0.05, 0.1) is 13.2 Å². The molecular formula is C20H20ClNO3. The standard InChI is InChI=1S/C20H20ClNO3/c1-24-18-7-6-14(13-19(18)25-16-4-2-3-5-16)12-17(20(21)23)15-8-10-22-11-9-15/h6-13,16H,2-5H2,1H3/b17-12+. The summed E-state index contributed by atoms with van der Waals surface area (Å²) in [6.45, 7) is 0. The summed E-state index contributed by atoms with van der Waals surface area (Å²) in [7, 11) is 1.62. The lowest BCUT2D eigenvalue weighted by atomic mass is 10.0. The highest BCUT2D eigenvalue weighted by atomic mass is 35.5. The van der Waals surface area contributed by atoms with Crippen molar-refractivity contribution < 1.29 is 14.3 Å². The van der Waals surface area contributed by atoms with Crippen LogP contribution < -0.4 is 9.47 Å². The number of hydrogen-bond acceptors (Lipinski definition) is 4. The minimum atomic E-state index is -0.514. The van der Waals surface area contributed by atoms with E-state index in [4.69, 9.17) is 21.1 Å². The number of carbonyl (C=O) groups excluding carboxylic acids is 1. The van der Waals surface area contributed by atoms with Gasteiger partial charge in [0.25, 0.3) is 5.24 Å². The third kappa shape index (κ3) is 4.40. The van der Waals surface area contributed by atoms with Crippen LogP contribution in [0.5, 0.6) is 11.5 Å². The summed E-state index contributed by atoms with van der Waals surface area (Å²) < 4.78 is 11.5. The summed E-state index contributed by atoms with van der Waals surface area (Å²) in [5, 5.41) is -0.514. The van der Waals surface area contributed by atoms with Gasteiger partial charge in [0.2, 0.25) is 0 Å². The summed E-state index contributed by atoms with van der Waals surface area (Å²) in [6, 6.07) is 9.12. The molecule has 5 heteroatoms. The lowest BCUT2D eigenvalue weighted by molar-refractivity contribution is -0.106. The average Bonchev–Trinajstić information content (AvgIpc) is 3.13. The molecule has 0 bridgehead atoms. The molecule has 4 nitrogen and oxygen atoms in total. The first-order valence-corrected chi connectivity index (χ1v) is 8.72. The van der Waals surface area contributed by atoms with Gasteiger partial charge in [0.1, 0.15) is 0 Å². The fraction of sp³-hybridized carbons (Fsp3) is 0.300. The van der Waals surface area contributed by atoms with E-state index >= 15 is 0 Å². The molecule has 1 saturated carbocycles. The molecule has 1 aliphatic rings. The van der Waals surface area contributed by atoms with E-state index in [-0.39, 0.29) is 6.10 Å². The van der Waals surface area contributed by atoms with Crippen molar-refractivity contribution in [3.8, 4) is 11.5 Å². The van der Waals surface area contributed by atoms with Crippen LogP contribution in [0.15, 0.2) is 42.7 Å².